The van der Waals surface area contributed by atoms with Crippen molar-refractivity contribution in [3.05, 3.63) is 71.2 Å². The third kappa shape index (κ3) is 4.93. The van der Waals surface area contributed by atoms with Crippen LogP contribution in [0.25, 0.3) is 5.57 Å². The smallest absolute Gasteiger partial charge is 0.278 e. The van der Waals surface area contributed by atoms with E-state index >= 15 is 0 Å². The molecule has 0 atom stereocenters. The predicted octanol–water partition coefficient (Wildman–Crippen LogP) is 3.53. The molecule has 2 aliphatic rings. The van der Waals surface area contributed by atoms with Crippen molar-refractivity contribution in [1.29, 1.82) is 0 Å². The standard InChI is InChI=1S/C26H30FN3O3/c1-4-28-13-15-29(16-14-28)24-23(20-7-11-22(12-8-20)33-18(2)3)25(31)30(26(24)32)17-19-5-9-21(27)10-6-19/h5-12,18H,4,13-17H2,1-3H3. The minimum atomic E-state index is -0.352. The van der Waals surface area contributed by atoms with Gasteiger partial charge in [-0.1, -0.05) is 31.2 Å². The number of hydrogen-bond acceptors (Lipinski definition) is 5. The first-order valence-electron chi connectivity index (χ1n) is 11.5. The highest BCUT2D eigenvalue weighted by Gasteiger charge is 2.42. The zero-order valence-corrected chi connectivity index (χ0v) is 19.4. The van der Waals surface area contributed by atoms with Gasteiger partial charge in [-0.3, -0.25) is 14.5 Å². The Morgan fingerprint density at radius 2 is 1.55 bits per heavy atom. The number of hydrogen-bond donors (Lipinski definition) is 0. The van der Waals surface area contributed by atoms with E-state index in [-0.39, 0.29) is 30.3 Å². The Kier molecular flexibility index (Phi) is 6.79. The number of benzene rings is 2. The normalized spacial score (nSPS) is 17.5. The molecule has 0 bridgehead atoms. The molecule has 2 aromatic rings. The molecule has 7 heteroatoms. The van der Waals surface area contributed by atoms with Crippen molar-refractivity contribution in [3.63, 3.8) is 0 Å². The zero-order valence-electron chi connectivity index (χ0n) is 19.4. The fraction of sp³-hybridized carbons (Fsp3) is 0.385. The first-order valence-corrected chi connectivity index (χ1v) is 11.5. The van der Waals surface area contributed by atoms with E-state index in [4.69, 9.17) is 4.74 Å². The number of amides is 2. The lowest BCUT2D eigenvalue weighted by atomic mass is 10.0. The summed E-state index contributed by atoms with van der Waals surface area (Å²) in [7, 11) is 0. The van der Waals surface area contributed by atoms with Gasteiger partial charge in [-0.25, -0.2) is 4.39 Å². The summed E-state index contributed by atoms with van der Waals surface area (Å²) in [5.74, 6) is -0.260. The van der Waals surface area contributed by atoms with Crippen molar-refractivity contribution < 1.29 is 18.7 Å². The molecule has 0 spiro atoms. The van der Waals surface area contributed by atoms with Gasteiger partial charge in [0.15, 0.2) is 0 Å². The van der Waals surface area contributed by atoms with Gasteiger partial charge in [0.1, 0.15) is 17.3 Å². The third-order valence-electron chi connectivity index (χ3n) is 6.05. The lowest BCUT2D eigenvalue weighted by molar-refractivity contribution is -0.138. The molecule has 33 heavy (non-hydrogen) atoms. The summed E-state index contributed by atoms with van der Waals surface area (Å²) in [6.07, 6.45) is 0.0429. The molecule has 0 aromatic heterocycles. The van der Waals surface area contributed by atoms with Crippen LogP contribution < -0.4 is 4.74 Å². The van der Waals surface area contributed by atoms with Crippen LogP contribution in [0.4, 0.5) is 4.39 Å². The van der Waals surface area contributed by atoms with Gasteiger partial charge >= 0.3 is 0 Å². The summed E-state index contributed by atoms with van der Waals surface area (Å²) < 4.78 is 19.1. The highest BCUT2D eigenvalue weighted by atomic mass is 19.1. The summed E-state index contributed by atoms with van der Waals surface area (Å²) in [4.78, 5) is 32.7. The Morgan fingerprint density at radius 3 is 2.12 bits per heavy atom. The van der Waals surface area contributed by atoms with Crippen LogP contribution in [0, 0.1) is 5.82 Å². The molecule has 0 unspecified atom stereocenters. The fourth-order valence-corrected chi connectivity index (χ4v) is 4.29. The van der Waals surface area contributed by atoms with E-state index < -0.39 is 0 Å². The van der Waals surface area contributed by atoms with Crippen LogP contribution in [-0.2, 0) is 16.1 Å². The fourth-order valence-electron chi connectivity index (χ4n) is 4.29. The second-order valence-corrected chi connectivity index (χ2v) is 8.66. The Balaban J connectivity index is 1.67. The first kappa shape index (κ1) is 23.0. The molecular weight excluding hydrogens is 421 g/mol. The van der Waals surface area contributed by atoms with Crippen molar-refractivity contribution in [2.45, 2.75) is 33.4 Å². The lowest BCUT2D eigenvalue weighted by Gasteiger charge is -2.36. The molecule has 2 aliphatic heterocycles. The maximum absolute atomic E-state index is 13.5. The largest absolute Gasteiger partial charge is 0.491 e. The summed E-state index contributed by atoms with van der Waals surface area (Å²) in [6, 6.07) is 13.2. The topological polar surface area (TPSA) is 53.1 Å². The van der Waals surface area contributed by atoms with Crippen LogP contribution in [0.1, 0.15) is 31.9 Å². The number of likely N-dealkylation sites (N-methyl/N-ethyl adjacent to an activating group) is 1. The van der Waals surface area contributed by atoms with Crippen molar-refractivity contribution in [1.82, 2.24) is 14.7 Å². The van der Waals surface area contributed by atoms with E-state index in [2.05, 4.69) is 11.8 Å². The van der Waals surface area contributed by atoms with Crippen LogP contribution in [-0.4, -0.2) is 65.3 Å². The summed E-state index contributed by atoms with van der Waals surface area (Å²) in [6.45, 7) is 10.1. The second-order valence-electron chi connectivity index (χ2n) is 8.66. The van der Waals surface area contributed by atoms with E-state index in [1.807, 2.05) is 43.0 Å². The molecule has 0 saturated carbocycles. The van der Waals surface area contributed by atoms with Gasteiger partial charge in [-0.2, -0.15) is 0 Å². The van der Waals surface area contributed by atoms with Gasteiger partial charge in [-0.15, -0.1) is 0 Å². The Morgan fingerprint density at radius 1 is 0.909 bits per heavy atom. The van der Waals surface area contributed by atoms with Crippen LogP contribution in [0.2, 0.25) is 0 Å². The number of carbonyl (C=O) groups excluding carboxylic acids is 2. The molecule has 2 amide bonds. The van der Waals surface area contributed by atoms with Gasteiger partial charge in [0.2, 0.25) is 0 Å². The summed E-state index contributed by atoms with van der Waals surface area (Å²) in [5, 5.41) is 0. The maximum Gasteiger partial charge on any atom is 0.278 e. The van der Waals surface area contributed by atoms with E-state index in [1.165, 1.54) is 17.0 Å². The Bertz CT molecular complexity index is 1040. The van der Waals surface area contributed by atoms with Gasteiger partial charge in [-0.05, 0) is 55.8 Å². The van der Waals surface area contributed by atoms with Crippen molar-refractivity contribution in [2.24, 2.45) is 0 Å². The first-order chi connectivity index (χ1) is 15.9. The van der Waals surface area contributed by atoms with Crippen molar-refractivity contribution >= 4 is 17.4 Å². The molecule has 4 rings (SSSR count). The summed E-state index contributed by atoms with van der Waals surface area (Å²) >= 11 is 0. The van der Waals surface area contributed by atoms with Crippen LogP contribution in [0.3, 0.4) is 0 Å². The highest BCUT2D eigenvalue weighted by molar-refractivity contribution is 6.35. The molecule has 0 radical (unpaired) electrons. The number of piperazine rings is 1. The third-order valence-corrected chi connectivity index (χ3v) is 6.05. The van der Waals surface area contributed by atoms with E-state index in [1.54, 1.807) is 12.1 Å². The number of rotatable bonds is 7. The Hall–Kier alpha value is -3.19. The molecule has 0 N–H and O–H groups in total. The number of carbonyl (C=O) groups is 2. The molecule has 174 valence electrons. The quantitative estimate of drug-likeness (QED) is 0.603. The number of ether oxygens (including phenoxy) is 1. The monoisotopic (exact) mass is 451 g/mol. The second kappa shape index (κ2) is 9.75. The van der Waals surface area contributed by atoms with Gasteiger partial charge in [0.05, 0.1) is 18.2 Å². The van der Waals surface area contributed by atoms with Gasteiger partial charge in [0.25, 0.3) is 11.8 Å². The SMILES string of the molecule is CCN1CCN(C2=C(c3ccc(OC(C)C)cc3)C(=O)N(Cc3ccc(F)cc3)C2=O)CC1. The zero-order chi connectivity index (χ0) is 23.5. The van der Waals surface area contributed by atoms with Crippen molar-refractivity contribution in [2.75, 3.05) is 32.7 Å². The molecule has 1 fully saturated rings. The summed E-state index contributed by atoms with van der Waals surface area (Å²) in [5.41, 5.74) is 2.27. The average molecular weight is 452 g/mol. The van der Waals surface area contributed by atoms with E-state index in [0.717, 1.165) is 19.6 Å². The predicted molar refractivity (Wildman–Crippen MR) is 125 cm³/mol. The maximum atomic E-state index is 13.5. The molecule has 0 aliphatic carbocycles. The molecule has 2 heterocycles. The van der Waals surface area contributed by atoms with Gasteiger partial charge < -0.3 is 14.5 Å². The molecule has 2 aromatic carbocycles. The van der Waals surface area contributed by atoms with Crippen LogP contribution >= 0.6 is 0 Å². The molecular formula is C26H30FN3O3. The van der Waals surface area contributed by atoms with E-state index in [9.17, 15) is 14.0 Å². The van der Waals surface area contributed by atoms with E-state index in [0.29, 0.717) is 41.2 Å². The average Bonchev–Trinajstić information content (AvgIpc) is 3.05. The molecule has 6 nitrogen and oxygen atoms in total. The Labute approximate surface area is 194 Å². The minimum Gasteiger partial charge on any atom is -0.491 e. The number of nitrogens with zero attached hydrogens (tertiary/aromatic N) is 3. The van der Waals surface area contributed by atoms with Crippen LogP contribution in [0.15, 0.2) is 54.2 Å². The number of halogens is 1. The highest BCUT2D eigenvalue weighted by Crippen LogP contribution is 2.34. The minimum absolute atomic E-state index is 0.0429. The lowest BCUT2D eigenvalue weighted by Crippen LogP contribution is -2.47. The van der Waals surface area contributed by atoms with Crippen LogP contribution in [0.5, 0.6) is 5.75 Å². The van der Waals surface area contributed by atoms with Crippen molar-refractivity contribution in [3.8, 4) is 5.75 Å². The number of imide groups is 1. The molecule has 1 saturated heterocycles. The van der Waals surface area contributed by atoms with Gasteiger partial charge in [0, 0.05) is 26.2 Å².